The second-order valence-electron chi connectivity index (χ2n) is 4.83. The summed E-state index contributed by atoms with van der Waals surface area (Å²) in [4.78, 5) is 0. The van der Waals surface area contributed by atoms with E-state index >= 15 is 0 Å². The van der Waals surface area contributed by atoms with Crippen molar-refractivity contribution in [2.75, 3.05) is 18.2 Å². The van der Waals surface area contributed by atoms with Crippen molar-refractivity contribution >= 4 is 11.8 Å². The lowest BCUT2D eigenvalue weighted by molar-refractivity contribution is 0.343. The van der Waals surface area contributed by atoms with Crippen LogP contribution in [0.1, 0.15) is 0 Å². The minimum Gasteiger partial charge on any atom is -0.493 e. The van der Waals surface area contributed by atoms with Gasteiger partial charge in [0.2, 0.25) is 5.16 Å². The number of hydrogen-bond acceptors (Lipinski definition) is 5. The number of halogens is 2. The number of aromatic nitrogens is 3. The van der Waals surface area contributed by atoms with Gasteiger partial charge in [-0.15, -0.1) is 10.2 Å². The van der Waals surface area contributed by atoms with Crippen molar-refractivity contribution in [2.24, 2.45) is 0 Å². The first-order valence-electron chi connectivity index (χ1n) is 7.11. The summed E-state index contributed by atoms with van der Waals surface area (Å²) < 4.78 is 32.6. The molecule has 8 heteroatoms. The third kappa shape index (κ3) is 3.83. The lowest BCUT2D eigenvalue weighted by atomic mass is 10.2. The molecular formula is C16H14F2N4OS. The van der Waals surface area contributed by atoms with E-state index in [4.69, 9.17) is 10.6 Å². The van der Waals surface area contributed by atoms with E-state index in [1.807, 2.05) is 0 Å². The van der Waals surface area contributed by atoms with E-state index in [-0.39, 0.29) is 11.6 Å². The average Bonchev–Trinajstić information content (AvgIpc) is 2.95. The Kier molecular flexibility index (Phi) is 4.95. The average molecular weight is 348 g/mol. The zero-order chi connectivity index (χ0) is 16.9. The normalized spacial score (nSPS) is 10.8. The predicted molar refractivity (Wildman–Crippen MR) is 88.2 cm³/mol. The highest BCUT2D eigenvalue weighted by Gasteiger charge is 2.12. The fourth-order valence-corrected chi connectivity index (χ4v) is 2.67. The highest BCUT2D eigenvalue weighted by molar-refractivity contribution is 7.99. The monoisotopic (exact) mass is 348 g/mol. The second-order valence-corrected chi connectivity index (χ2v) is 5.90. The third-order valence-corrected chi connectivity index (χ3v) is 4.07. The van der Waals surface area contributed by atoms with Gasteiger partial charge in [0.1, 0.15) is 17.4 Å². The first-order valence-corrected chi connectivity index (χ1v) is 8.09. The van der Waals surface area contributed by atoms with Gasteiger partial charge >= 0.3 is 0 Å². The summed E-state index contributed by atoms with van der Waals surface area (Å²) in [5.74, 6) is 6.99. The smallest absolute Gasteiger partial charge is 0.210 e. The minimum atomic E-state index is -0.325. The maximum atomic E-state index is 13.0. The highest BCUT2D eigenvalue weighted by Crippen LogP contribution is 2.22. The Balaban J connectivity index is 1.56. The van der Waals surface area contributed by atoms with Crippen molar-refractivity contribution < 1.29 is 13.5 Å². The Morgan fingerprint density at radius 1 is 0.958 bits per heavy atom. The quantitative estimate of drug-likeness (QED) is 0.421. The molecule has 24 heavy (non-hydrogen) atoms. The summed E-state index contributed by atoms with van der Waals surface area (Å²) in [7, 11) is 0. The molecule has 3 aromatic rings. The third-order valence-electron chi connectivity index (χ3n) is 3.16. The Bertz CT molecular complexity index is 806. The van der Waals surface area contributed by atoms with Crippen molar-refractivity contribution in [3.8, 4) is 17.1 Å². The standard InChI is InChI=1S/C16H14F2N4OS/c17-12-3-1-11(2-4-12)15-20-21-16(22(15)19)24-10-9-23-14-7-5-13(18)6-8-14/h1-8H,9-10,19H2. The first kappa shape index (κ1) is 16.3. The summed E-state index contributed by atoms with van der Waals surface area (Å²) in [5.41, 5.74) is 0.681. The van der Waals surface area contributed by atoms with Crippen LogP contribution < -0.4 is 10.6 Å². The fraction of sp³-hybridized carbons (Fsp3) is 0.125. The summed E-state index contributed by atoms with van der Waals surface area (Å²) in [6, 6.07) is 11.7. The molecule has 1 aromatic heterocycles. The van der Waals surface area contributed by atoms with Gasteiger partial charge in [-0.1, -0.05) is 11.8 Å². The van der Waals surface area contributed by atoms with Crippen LogP contribution in [-0.2, 0) is 0 Å². The highest BCUT2D eigenvalue weighted by atomic mass is 32.2. The van der Waals surface area contributed by atoms with E-state index in [1.54, 1.807) is 24.3 Å². The second kappa shape index (κ2) is 7.31. The fourth-order valence-electron chi connectivity index (χ4n) is 1.99. The number of hydrogen-bond donors (Lipinski definition) is 1. The van der Waals surface area contributed by atoms with Gasteiger partial charge in [-0.25, -0.2) is 13.5 Å². The van der Waals surface area contributed by atoms with Gasteiger partial charge in [0.15, 0.2) is 5.82 Å². The maximum absolute atomic E-state index is 13.0. The maximum Gasteiger partial charge on any atom is 0.210 e. The van der Waals surface area contributed by atoms with Crippen LogP contribution in [-0.4, -0.2) is 27.2 Å². The molecule has 0 radical (unpaired) electrons. The first-order chi connectivity index (χ1) is 11.6. The van der Waals surface area contributed by atoms with Gasteiger partial charge in [0.25, 0.3) is 0 Å². The Labute approximate surface area is 141 Å². The van der Waals surface area contributed by atoms with Crippen molar-refractivity contribution in [3.05, 3.63) is 60.2 Å². The van der Waals surface area contributed by atoms with Gasteiger partial charge in [-0.3, -0.25) is 0 Å². The zero-order valence-corrected chi connectivity index (χ0v) is 13.3. The largest absolute Gasteiger partial charge is 0.493 e. The van der Waals surface area contributed by atoms with Crippen molar-refractivity contribution in [3.63, 3.8) is 0 Å². The summed E-state index contributed by atoms with van der Waals surface area (Å²) in [6.07, 6.45) is 0. The molecule has 2 aromatic carbocycles. The number of thioether (sulfide) groups is 1. The number of rotatable bonds is 6. The van der Waals surface area contributed by atoms with Crippen LogP contribution in [0, 0.1) is 11.6 Å². The van der Waals surface area contributed by atoms with Crippen LogP contribution in [0.3, 0.4) is 0 Å². The van der Waals surface area contributed by atoms with Gasteiger partial charge in [-0.2, -0.15) is 0 Å². The molecule has 0 aliphatic rings. The van der Waals surface area contributed by atoms with E-state index in [0.29, 0.717) is 34.7 Å². The molecule has 0 spiro atoms. The molecule has 3 rings (SSSR count). The number of benzene rings is 2. The molecule has 1 heterocycles. The molecule has 0 bridgehead atoms. The SMILES string of the molecule is Nn1c(SCCOc2ccc(F)cc2)nnc1-c1ccc(F)cc1. The van der Waals surface area contributed by atoms with E-state index in [1.165, 1.54) is 40.7 Å². The molecular weight excluding hydrogens is 334 g/mol. The molecule has 0 saturated heterocycles. The molecule has 5 nitrogen and oxygen atoms in total. The Morgan fingerprint density at radius 2 is 1.58 bits per heavy atom. The predicted octanol–water partition coefficient (Wildman–Crippen LogP) is 3.11. The molecule has 0 saturated carbocycles. The number of nitrogen functional groups attached to an aromatic ring is 1. The van der Waals surface area contributed by atoms with E-state index in [9.17, 15) is 8.78 Å². The summed E-state index contributed by atoms with van der Waals surface area (Å²) in [6.45, 7) is 0.412. The van der Waals surface area contributed by atoms with Gasteiger partial charge < -0.3 is 10.6 Å². The number of nitrogens with zero attached hydrogens (tertiary/aromatic N) is 3. The zero-order valence-electron chi connectivity index (χ0n) is 12.5. The minimum absolute atomic E-state index is 0.304. The molecule has 2 N–H and O–H groups in total. The van der Waals surface area contributed by atoms with Crippen molar-refractivity contribution in [1.29, 1.82) is 0 Å². The Hall–Kier alpha value is -2.61. The van der Waals surface area contributed by atoms with Crippen molar-refractivity contribution in [2.45, 2.75) is 5.16 Å². The van der Waals surface area contributed by atoms with Gasteiger partial charge in [0, 0.05) is 11.3 Å². The Morgan fingerprint density at radius 3 is 2.25 bits per heavy atom. The summed E-state index contributed by atoms with van der Waals surface area (Å²) in [5, 5.41) is 8.57. The van der Waals surface area contributed by atoms with Crippen LogP contribution in [0.5, 0.6) is 5.75 Å². The van der Waals surface area contributed by atoms with E-state index in [0.717, 1.165) is 0 Å². The summed E-state index contributed by atoms with van der Waals surface area (Å²) >= 11 is 1.38. The van der Waals surface area contributed by atoms with Crippen LogP contribution in [0.4, 0.5) is 8.78 Å². The lowest BCUT2D eigenvalue weighted by Crippen LogP contribution is -2.12. The molecule has 0 atom stereocenters. The molecule has 124 valence electrons. The van der Waals surface area contributed by atoms with E-state index < -0.39 is 0 Å². The van der Waals surface area contributed by atoms with Crippen LogP contribution in [0.25, 0.3) is 11.4 Å². The number of nitrogens with two attached hydrogens (primary N) is 1. The van der Waals surface area contributed by atoms with Crippen LogP contribution >= 0.6 is 11.8 Å². The molecule has 0 aliphatic heterocycles. The molecule has 0 fully saturated rings. The molecule has 0 unspecified atom stereocenters. The molecule has 0 amide bonds. The topological polar surface area (TPSA) is 66.0 Å². The van der Waals surface area contributed by atoms with Crippen molar-refractivity contribution in [1.82, 2.24) is 14.9 Å². The lowest BCUT2D eigenvalue weighted by Gasteiger charge is -2.06. The van der Waals surface area contributed by atoms with Gasteiger partial charge in [0.05, 0.1) is 6.61 Å². The number of ether oxygens (including phenoxy) is 1. The van der Waals surface area contributed by atoms with Gasteiger partial charge in [-0.05, 0) is 48.5 Å². The van der Waals surface area contributed by atoms with Crippen LogP contribution in [0.15, 0.2) is 53.7 Å². The molecule has 0 aliphatic carbocycles. The van der Waals surface area contributed by atoms with E-state index in [2.05, 4.69) is 10.2 Å². The van der Waals surface area contributed by atoms with Crippen LogP contribution in [0.2, 0.25) is 0 Å².